The number of aliphatic hydroxyl groups excluding tert-OH is 1. The molecule has 1 aromatic rings. The van der Waals surface area contributed by atoms with E-state index in [1.165, 1.54) is 0 Å². The fraction of sp³-hybridized carbons (Fsp3) is 0.500. The lowest BCUT2D eigenvalue weighted by molar-refractivity contribution is -0.874. The molecule has 0 aliphatic carbocycles. The molecule has 2 nitrogen and oxygen atoms in total. The Labute approximate surface area is 86.4 Å². The Morgan fingerprint density at radius 2 is 1.79 bits per heavy atom. The summed E-state index contributed by atoms with van der Waals surface area (Å²) in [5.74, 6) is 0. The number of benzene rings is 1. The number of nitrogens with zero attached hydrogens (tertiary/aromatic N) is 1. The molecule has 1 N–H and O–H groups in total. The van der Waals surface area contributed by atoms with E-state index in [1.807, 2.05) is 31.2 Å². The third kappa shape index (κ3) is 3.13. The number of quaternary nitrogens is 1. The van der Waals surface area contributed by atoms with Crippen LogP contribution in [0.4, 0.5) is 0 Å². The molecule has 0 saturated heterocycles. The van der Waals surface area contributed by atoms with Crippen LogP contribution in [0.1, 0.15) is 17.2 Å². The van der Waals surface area contributed by atoms with Gasteiger partial charge in [0.2, 0.25) is 0 Å². The lowest BCUT2D eigenvalue weighted by atomic mass is 10.0. The van der Waals surface area contributed by atoms with Crippen molar-refractivity contribution in [3.63, 3.8) is 0 Å². The highest BCUT2D eigenvalue weighted by molar-refractivity contribution is 5.27. The van der Waals surface area contributed by atoms with Gasteiger partial charge in [-0.15, -0.1) is 0 Å². The Hall–Kier alpha value is -0.860. The first-order valence-electron chi connectivity index (χ1n) is 4.94. The van der Waals surface area contributed by atoms with Gasteiger partial charge >= 0.3 is 0 Å². The molecule has 0 radical (unpaired) electrons. The normalized spacial score (nSPS) is 14.1. The minimum absolute atomic E-state index is 0.365. The van der Waals surface area contributed by atoms with Gasteiger partial charge in [0.1, 0.15) is 12.6 Å². The summed E-state index contributed by atoms with van der Waals surface area (Å²) in [4.78, 5) is 0. The molecule has 1 aromatic carbocycles. The number of rotatable bonds is 3. The third-order valence-corrected chi connectivity index (χ3v) is 2.27. The van der Waals surface area contributed by atoms with Gasteiger partial charge in [0.05, 0.1) is 21.1 Å². The Morgan fingerprint density at radius 3 is 2.29 bits per heavy atom. The van der Waals surface area contributed by atoms with Crippen LogP contribution in [-0.4, -0.2) is 37.3 Å². The molecular formula is C12H20NO+. The summed E-state index contributed by atoms with van der Waals surface area (Å²) in [5.41, 5.74) is 2.20. The zero-order valence-electron chi connectivity index (χ0n) is 9.49. The Kier molecular flexibility index (Phi) is 3.29. The second-order valence-electron chi connectivity index (χ2n) is 4.85. The van der Waals surface area contributed by atoms with Crippen molar-refractivity contribution < 1.29 is 9.59 Å². The third-order valence-electron chi connectivity index (χ3n) is 2.27. The van der Waals surface area contributed by atoms with Crippen molar-refractivity contribution in [2.45, 2.75) is 13.0 Å². The number of hydrogen-bond acceptors (Lipinski definition) is 1. The lowest BCUT2D eigenvalue weighted by Crippen LogP contribution is -2.38. The van der Waals surface area contributed by atoms with E-state index >= 15 is 0 Å². The first-order chi connectivity index (χ1) is 6.40. The molecule has 0 heterocycles. The summed E-state index contributed by atoms with van der Waals surface area (Å²) in [5, 5.41) is 10.0. The van der Waals surface area contributed by atoms with Crippen LogP contribution in [-0.2, 0) is 0 Å². The van der Waals surface area contributed by atoms with Crippen LogP contribution in [0.25, 0.3) is 0 Å². The van der Waals surface area contributed by atoms with Crippen LogP contribution < -0.4 is 0 Å². The smallest absolute Gasteiger partial charge is 0.128 e. The van der Waals surface area contributed by atoms with Gasteiger partial charge in [-0.05, 0) is 18.1 Å². The van der Waals surface area contributed by atoms with Crippen LogP contribution in [0.3, 0.4) is 0 Å². The molecule has 0 spiro atoms. The molecule has 1 rings (SSSR count). The first kappa shape index (κ1) is 11.2. The first-order valence-corrected chi connectivity index (χ1v) is 4.94. The summed E-state index contributed by atoms with van der Waals surface area (Å²) in [6.07, 6.45) is -0.365. The van der Waals surface area contributed by atoms with Crippen LogP contribution in [0.5, 0.6) is 0 Å². The molecule has 2 heteroatoms. The standard InChI is InChI=1S/C12H20NO/c1-10-7-5-6-8-11(10)12(14)9-13(2,3)4/h5-8,12,14H,9H2,1-4H3/q+1. The van der Waals surface area contributed by atoms with Crippen molar-refractivity contribution >= 4 is 0 Å². The van der Waals surface area contributed by atoms with Crippen LogP contribution in [0.15, 0.2) is 24.3 Å². The molecule has 1 atom stereocenters. The summed E-state index contributed by atoms with van der Waals surface area (Å²) in [7, 11) is 6.25. The van der Waals surface area contributed by atoms with Gasteiger partial charge in [0.15, 0.2) is 0 Å². The number of aliphatic hydroxyl groups is 1. The maximum Gasteiger partial charge on any atom is 0.128 e. The van der Waals surface area contributed by atoms with E-state index in [2.05, 4.69) is 21.1 Å². The monoisotopic (exact) mass is 194 g/mol. The van der Waals surface area contributed by atoms with E-state index < -0.39 is 0 Å². The zero-order chi connectivity index (χ0) is 10.8. The highest BCUT2D eigenvalue weighted by Crippen LogP contribution is 2.18. The predicted molar refractivity (Wildman–Crippen MR) is 59.0 cm³/mol. The molecule has 0 saturated carbocycles. The van der Waals surface area contributed by atoms with Gasteiger partial charge in [-0.2, -0.15) is 0 Å². The molecule has 14 heavy (non-hydrogen) atoms. The molecule has 1 unspecified atom stereocenters. The lowest BCUT2D eigenvalue weighted by Gasteiger charge is -2.27. The fourth-order valence-corrected chi connectivity index (χ4v) is 1.58. The second-order valence-corrected chi connectivity index (χ2v) is 4.85. The Bertz CT molecular complexity index is 301. The van der Waals surface area contributed by atoms with Crippen molar-refractivity contribution in [3.8, 4) is 0 Å². The summed E-state index contributed by atoms with van der Waals surface area (Å²) >= 11 is 0. The largest absolute Gasteiger partial charge is 0.382 e. The van der Waals surface area contributed by atoms with Crippen molar-refractivity contribution in [1.82, 2.24) is 0 Å². The van der Waals surface area contributed by atoms with Gasteiger partial charge in [-0.1, -0.05) is 24.3 Å². The zero-order valence-corrected chi connectivity index (χ0v) is 9.49. The highest BCUT2D eigenvalue weighted by atomic mass is 16.3. The van der Waals surface area contributed by atoms with Crippen LogP contribution in [0.2, 0.25) is 0 Å². The van der Waals surface area contributed by atoms with Crippen molar-refractivity contribution in [2.24, 2.45) is 0 Å². The van der Waals surface area contributed by atoms with Gasteiger partial charge in [0, 0.05) is 0 Å². The predicted octanol–water partition coefficient (Wildman–Crippen LogP) is 1.73. The van der Waals surface area contributed by atoms with Crippen molar-refractivity contribution in [3.05, 3.63) is 35.4 Å². The van der Waals surface area contributed by atoms with Gasteiger partial charge in [-0.3, -0.25) is 0 Å². The summed E-state index contributed by atoms with van der Waals surface area (Å²) < 4.78 is 0.773. The number of aryl methyl sites for hydroxylation is 1. The minimum Gasteiger partial charge on any atom is -0.382 e. The SMILES string of the molecule is Cc1ccccc1C(O)C[N+](C)(C)C. The van der Waals surface area contributed by atoms with Crippen LogP contribution >= 0.6 is 0 Å². The topological polar surface area (TPSA) is 20.2 Å². The maximum atomic E-state index is 10.0. The quantitative estimate of drug-likeness (QED) is 0.727. The van der Waals surface area contributed by atoms with E-state index in [0.29, 0.717) is 0 Å². The maximum absolute atomic E-state index is 10.0. The van der Waals surface area contributed by atoms with E-state index in [-0.39, 0.29) is 6.10 Å². The molecule has 78 valence electrons. The average Bonchev–Trinajstić information content (AvgIpc) is 2.01. The minimum atomic E-state index is -0.365. The second kappa shape index (κ2) is 4.11. The van der Waals surface area contributed by atoms with Gasteiger partial charge in [-0.25, -0.2) is 0 Å². The van der Waals surface area contributed by atoms with Crippen LogP contribution in [0, 0.1) is 6.92 Å². The van der Waals surface area contributed by atoms with Gasteiger partial charge in [0.25, 0.3) is 0 Å². The Morgan fingerprint density at radius 1 is 1.21 bits per heavy atom. The Balaban J connectivity index is 2.80. The number of hydrogen-bond donors (Lipinski definition) is 1. The highest BCUT2D eigenvalue weighted by Gasteiger charge is 2.18. The van der Waals surface area contributed by atoms with E-state index in [1.54, 1.807) is 0 Å². The summed E-state index contributed by atoms with van der Waals surface area (Å²) in [6, 6.07) is 8.00. The summed E-state index contributed by atoms with van der Waals surface area (Å²) in [6.45, 7) is 2.78. The molecule has 0 fully saturated rings. The molecule has 0 aliphatic heterocycles. The molecule has 0 aliphatic rings. The van der Waals surface area contributed by atoms with Gasteiger partial charge < -0.3 is 9.59 Å². The molecule has 0 bridgehead atoms. The fourth-order valence-electron chi connectivity index (χ4n) is 1.58. The van der Waals surface area contributed by atoms with Crippen molar-refractivity contribution in [1.29, 1.82) is 0 Å². The molecule has 0 aromatic heterocycles. The van der Waals surface area contributed by atoms with Crippen molar-refractivity contribution in [2.75, 3.05) is 27.7 Å². The average molecular weight is 194 g/mol. The van der Waals surface area contributed by atoms with E-state index in [9.17, 15) is 5.11 Å². The van der Waals surface area contributed by atoms with E-state index in [0.717, 1.165) is 22.2 Å². The molecular weight excluding hydrogens is 174 g/mol. The van der Waals surface area contributed by atoms with E-state index in [4.69, 9.17) is 0 Å². The number of likely N-dealkylation sites (N-methyl/N-ethyl adjacent to an activating group) is 1. The molecule has 0 amide bonds.